The molecular weight excluding hydrogens is 364 g/mol. The summed E-state index contributed by atoms with van der Waals surface area (Å²) in [6.07, 6.45) is 1.24. The lowest BCUT2D eigenvalue weighted by molar-refractivity contribution is -0.137. The van der Waals surface area contributed by atoms with Crippen molar-refractivity contribution in [3.8, 4) is 11.1 Å². The van der Waals surface area contributed by atoms with Crippen LogP contribution in [0.25, 0.3) is 11.1 Å². The molecule has 0 fully saturated rings. The summed E-state index contributed by atoms with van der Waals surface area (Å²) in [6, 6.07) is 19.1. The van der Waals surface area contributed by atoms with Gasteiger partial charge >= 0.3 is 5.97 Å². The molecule has 0 saturated carbocycles. The minimum Gasteiger partial charge on any atom is -0.481 e. The summed E-state index contributed by atoms with van der Waals surface area (Å²) in [4.78, 5) is 28.4. The van der Waals surface area contributed by atoms with E-state index in [1.54, 1.807) is 36.4 Å². The zero-order chi connectivity index (χ0) is 19.2. The SMILES string of the molecule is O=C(O)CC(NC(=O)c1ncccc1-c1ccccc1)c1ccccc1Cl. The minimum atomic E-state index is -1.04. The molecule has 0 aliphatic rings. The predicted molar refractivity (Wildman–Crippen MR) is 104 cm³/mol. The lowest BCUT2D eigenvalue weighted by Gasteiger charge is -2.19. The van der Waals surface area contributed by atoms with Crippen LogP contribution >= 0.6 is 11.6 Å². The quantitative estimate of drug-likeness (QED) is 0.666. The molecular formula is C21H17ClN2O3. The number of halogens is 1. The van der Waals surface area contributed by atoms with Crippen molar-refractivity contribution in [3.63, 3.8) is 0 Å². The average molecular weight is 381 g/mol. The third kappa shape index (κ3) is 4.51. The second-order valence-electron chi connectivity index (χ2n) is 5.91. The molecule has 1 atom stereocenters. The Balaban J connectivity index is 1.93. The van der Waals surface area contributed by atoms with Crippen LogP contribution in [0.4, 0.5) is 0 Å². The minimum absolute atomic E-state index is 0.228. The van der Waals surface area contributed by atoms with E-state index in [-0.39, 0.29) is 12.1 Å². The number of benzene rings is 2. The number of hydrogen-bond acceptors (Lipinski definition) is 3. The Bertz CT molecular complexity index is 960. The van der Waals surface area contributed by atoms with Crippen LogP contribution in [-0.2, 0) is 4.79 Å². The van der Waals surface area contributed by atoms with E-state index in [0.29, 0.717) is 16.1 Å². The van der Waals surface area contributed by atoms with Crippen LogP contribution < -0.4 is 5.32 Å². The van der Waals surface area contributed by atoms with Crippen molar-refractivity contribution in [1.82, 2.24) is 10.3 Å². The second kappa shape index (κ2) is 8.47. The fourth-order valence-electron chi connectivity index (χ4n) is 2.83. The van der Waals surface area contributed by atoms with Crippen LogP contribution in [0.1, 0.15) is 28.5 Å². The van der Waals surface area contributed by atoms with E-state index in [4.69, 9.17) is 11.6 Å². The normalized spacial score (nSPS) is 11.6. The standard InChI is InChI=1S/C21H17ClN2O3/c22-17-11-5-4-9-16(17)18(13-19(25)26)24-21(27)20-15(10-6-12-23-20)14-7-2-1-3-8-14/h1-12,18H,13H2,(H,24,27)(H,25,26). The molecule has 5 nitrogen and oxygen atoms in total. The van der Waals surface area contributed by atoms with Gasteiger partial charge < -0.3 is 10.4 Å². The van der Waals surface area contributed by atoms with E-state index in [0.717, 1.165) is 5.56 Å². The number of hydrogen-bond donors (Lipinski definition) is 2. The Morgan fingerprint density at radius 1 is 1.00 bits per heavy atom. The van der Waals surface area contributed by atoms with Gasteiger partial charge in [0.2, 0.25) is 0 Å². The number of amides is 1. The highest BCUT2D eigenvalue weighted by Gasteiger charge is 2.23. The monoisotopic (exact) mass is 380 g/mol. The fourth-order valence-corrected chi connectivity index (χ4v) is 3.10. The van der Waals surface area contributed by atoms with Crippen molar-refractivity contribution >= 4 is 23.5 Å². The summed E-state index contributed by atoms with van der Waals surface area (Å²) in [5.74, 6) is -1.50. The highest BCUT2D eigenvalue weighted by atomic mass is 35.5. The first-order valence-electron chi connectivity index (χ1n) is 8.34. The Kier molecular flexibility index (Phi) is 5.84. The number of carbonyl (C=O) groups is 2. The molecule has 0 bridgehead atoms. The molecule has 3 aromatic rings. The summed E-state index contributed by atoms with van der Waals surface area (Å²) in [5.41, 5.74) is 2.30. The molecule has 1 unspecified atom stereocenters. The van der Waals surface area contributed by atoms with E-state index < -0.39 is 17.9 Å². The number of carboxylic acid groups (broad SMARTS) is 1. The van der Waals surface area contributed by atoms with E-state index in [1.165, 1.54) is 6.20 Å². The van der Waals surface area contributed by atoms with Crippen molar-refractivity contribution in [2.75, 3.05) is 0 Å². The molecule has 6 heteroatoms. The summed E-state index contributed by atoms with van der Waals surface area (Å²) in [5, 5.41) is 12.4. The highest BCUT2D eigenvalue weighted by Crippen LogP contribution is 2.27. The van der Waals surface area contributed by atoms with E-state index in [2.05, 4.69) is 10.3 Å². The van der Waals surface area contributed by atoms with Gasteiger partial charge in [-0.25, -0.2) is 0 Å². The number of aromatic nitrogens is 1. The van der Waals surface area contributed by atoms with Crippen LogP contribution in [0.3, 0.4) is 0 Å². The molecule has 0 aliphatic heterocycles. The maximum Gasteiger partial charge on any atom is 0.305 e. The van der Waals surface area contributed by atoms with Gasteiger partial charge in [0, 0.05) is 16.8 Å². The summed E-state index contributed by atoms with van der Waals surface area (Å²) in [7, 11) is 0. The largest absolute Gasteiger partial charge is 0.481 e. The van der Waals surface area contributed by atoms with Crippen molar-refractivity contribution in [1.29, 1.82) is 0 Å². The van der Waals surface area contributed by atoms with Gasteiger partial charge in [0.05, 0.1) is 12.5 Å². The van der Waals surface area contributed by atoms with Crippen molar-refractivity contribution in [3.05, 3.63) is 89.2 Å². The molecule has 136 valence electrons. The number of aliphatic carboxylic acids is 1. The van der Waals surface area contributed by atoms with E-state index in [9.17, 15) is 14.7 Å². The molecule has 1 amide bonds. The van der Waals surface area contributed by atoms with Crippen LogP contribution in [0, 0.1) is 0 Å². The van der Waals surface area contributed by atoms with Crippen molar-refractivity contribution in [2.45, 2.75) is 12.5 Å². The molecule has 3 rings (SSSR count). The lowest BCUT2D eigenvalue weighted by Crippen LogP contribution is -2.31. The predicted octanol–water partition coefficient (Wildman–Crippen LogP) is 4.35. The zero-order valence-corrected chi connectivity index (χ0v) is 15.1. The number of nitrogens with zero attached hydrogens (tertiary/aromatic N) is 1. The van der Waals surface area contributed by atoms with Crippen molar-refractivity contribution in [2.24, 2.45) is 0 Å². The number of nitrogens with one attached hydrogen (secondary N) is 1. The summed E-state index contributed by atoms with van der Waals surface area (Å²) >= 11 is 6.20. The van der Waals surface area contributed by atoms with Crippen LogP contribution in [0.15, 0.2) is 72.9 Å². The zero-order valence-electron chi connectivity index (χ0n) is 14.3. The maximum absolute atomic E-state index is 12.9. The van der Waals surface area contributed by atoms with Gasteiger partial charge in [-0.1, -0.05) is 66.2 Å². The third-order valence-electron chi connectivity index (χ3n) is 4.07. The first-order valence-corrected chi connectivity index (χ1v) is 8.71. The first kappa shape index (κ1) is 18.6. The smallest absolute Gasteiger partial charge is 0.305 e. The molecule has 0 radical (unpaired) electrons. The van der Waals surface area contributed by atoms with E-state index in [1.807, 2.05) is 30.3 Å². The topological polar surface area (TPSA) is 79.3 Å². The number of pyridine rings is 1. The Morgan fingerprint density at radius 3 is 2.41 bits per heavy atom. The first-order chi connectivity index (χ1) is 13.1. The molecule has 27 heavy (non-hydrogen) atoms. The Hall–Kier alpha value is -3.18. The number of carbonyl (C=O) groups excluding carboxylic acids is 1. The molecule has 1 aromatic heterocycles. The highest BCUT2D eigenvalue weighted by molar-refractivity contribution is 6.31. The Labute approximate surface area is 161 Å². The Morgan fingerprint density at radius 2 is 1.70 bits per heavy atom. The molecule has 0 spiro atoms. The summed E-state index contributed by atoms with van der Waals surface area (Å²) < 4.78 is 0. The third-order valence-corrected chi connectivity index (χ3v) is 4.42. The van der Waals surface area contributed by atoms with Crippen LogP contribution in [0.5, 0.6) is 0 Å². The lowest BCUT2D eigenvalue weighted by atomic mass is 10.0. The summed E-state index contributed by atoms with van der Waals surface area (Å²) in [6.45, 7) is 0. The molecule has 0 saturated heterocycles. The fraction of sp³-hybridized carbons (Fsp3) is 0.0952. The van der Waals surface area contributed by atoms with Gasteiger partial charge in [-0.3, -0.25) is 14.6 Å². The number of rotatable bonds is 6. The van der Waals surface area contributed by atoms with Gasteiger partial charge in [0.1, 0.15) is 5.69 Å². The average Bonchev–Trinajstić information content (AvgIpc) is 2.68. The van der Waals surface area contributed by atoms with Gasteiger partial charge in [-0.15, -0.1) is 0 Å². The molecule has 2 N–H and O–H groups in total. The van der Waals surface area contributed by atoms with Crippen LogP contribution in [0.2, 0.25) is 5.02 Å². The van der Waals surface area contributed by atoms with Gasteiger partial charge in [0.15, 0.2) is 0 Å². The molecule has 2 aromatic carbocycles. The second-order valence-corrected chi connectivity index (χ2v) is 6.32. The van der Waals surface area contributed by atoms with Crippen molar-refractivity contribution < 1.29 is 14.7 Å². The maximum atomic E-state index is 12.9. The van der Waals surface area contributed by atoms with Gasteiger partial charge in [0.25, 0.3) is 5.91 Å². The molecule has 1 heterocycles. The van der Waals surface area contributed by atoms with Gasteiger partial charge in [-0.05, 0) is 23.3 Å². The van der Waals surface area contributed by atoms with Crippen LogP contribution in [-0.4, -0.2) is 22.0 Å². The van der Waals surface area contributed by atoms with E-state index >= 15 is 0 Å². The molecule has 0 aliphatic carbocycles. The van der Waals surface area contributed by atoms with Gasteiger partial charge in [-0.2, -0.15) is 0 Å². The number of carboxylic acids is 1.